The Morgan fingerprint density at radius 2 is 2.00 bits per heavy atom. The van der Waals surface area contributed by atoms with Crippen LogP contribution in [0.4, 0.5) is 0 Å². The summed E-state index contributed by atoms with van der Waals surface area (Å²) in [5.74, 6) is 0.394. The Labute approximate surface area is 121 Å². The molecule has 4 N–H and O–H groups in total. The number of nitrogens with two attached hydrogens (primary N) is 1. The number of hydrogen-bond donors (Lipinski definition) is 3. The third kappa shape index (κ3) is 6.25. The number of carbonyl (C=O) groups is 2. The first-order chi connectivity index (χ1) is 8.54. The van der Waals surface area contributed by atoms with Crippen molar-refractivity contribution < 1.29 is 9.59 Å². The van der Waals surface area contributed by atoms with E-state index >= 15 is 0 Å². The molecular formula is C13H26ClN3O2. The summed E-state index contributed by atoms with van der Waals surface area (Å²) in [5.41, 5.74) is 5.65. The summed E-state index contributed by atoms with van der Waals surface area (Å²) >= 11 is 0. The minimum Gasteiger partial charge on any atom is -0.355 e. The molecule has 19 heavy (non-hydrogen) atoms. The molecule has 1 fully saturated rings. The van der Waals surface area contributed by atoms with Crippen molar-refractivity contribution in [3.8, 4) is 0 Å². The third-order valence-corrected chi connectivity index (χ3v) is 3.40. The molecule has 1 aliphatic carbocycles. The highest BCUT2D eigenvalue weighted by atomic mass is 35.5. The Morgan fingerprint density at radius 3 is 2.58 bits per heavy atom. The highest BCUT2D eigenvalue weighted by Crippen LogP contribution is 2.30. The van der Waals surface area contributed by atoms with Crippen molar-refractivity contribution in [2.24, 2.45) is 17.6 Å². The zero-order valence-corrected chi connectivity index (χ0v) is 12.6. The molecule has 0 spiro atoms. The Kier molecular flexibility index (Phi) is 8.76. The van der Waals surface area contributed by atoms with Gasteiger partial charge in [0.15, 0.2) is 0 Å². The third-order valence-electron chi connectivity index (χ3n) is 3.40. The van der Waals surface area contributed by atoms with Gasteiger partial charge in [-0.1, -0.05) is 6.42 Å². The number of amides is 2. The summed E-state index contributed by atoms with van der Waals surface area (Å²) < 4.78 is 0. The Morgan fingerprint density at radius 1 is 1.32 bits per heavy atom. The maximum atomic E-state index is 11.9. The van der Waals surface area contributed by atoms with Crippen molar-refractivity contribution in [3.63, 3.8) is 0 Å². The molecule has 0 heterocycles. The summed E-state index contributed by atoms with van der Waals surface area (Å²) in [6, 6.07) is 0.143. The molecule has 0 unspecified atom stereocenters. The lowest BCUT2D eigenvalue weighted by Crippen LogP contribution is -2.38. The Hall–Kier alpha value is -0.810. The molecule has 112 valence electrons. The lowest BCUT2D eigenvalue weighted by molar-refractivity contribution is -0.126. The van der Waals surface area contributed by atoms with Crippen LogP contribution in [0.15, 0.2) is 0 Å². The first-order valence-corrected chi connectivity index (χ1v) is 6.81. The van der Waals surface area contributed by atoms with Gasteiger partial charge in [0.1, 0.15) is 0 Å². The van der Waals surface area contributed by atoms with E-state index in [1.54, 1.807) is 0 Å². The second-order valence-corrected chi connectivity index (χ2v) is 5.30. The van der Waals surface area contributed by atoms with Crippen molar-refractivity contribution in [2.45, 2.75) is 45.6 Å². The highest BCUT2D eigenvalue weighted by Gasteiger charge is 2.31. The van der Waals surface area contributed by atoms with Crippen molar-refractivity contribution in [1.29, 1.82) is 0 Å². The maximum absolute atomic E-state index is 11.9. The lowest BCUT2D eigenvalue weighted by Gasteiger charge is -2.17. The standard InChI is InChI=1S/C13H25N3O2.ClH/c1-9(2)16-12(17)6-7-15-13(18)11-5-3-4-10(11)8-14;/h9-11H,3-8,14H2,1-2H3,(H,15,18)(H,16,17);1H/t10-,11-;/m1./s1. The predicted octanol–water partition coefficient (Wildman–Crippen LogP) is 0.814. The number of rotatable bonds is 6. The zero-order valence-electron chi connectivity index (χ0n) is 11.8. The fraction of sp³-hybridized carbons (Fsp3) is 0.846. The average molecular weight is 292 g/mol. The molecule has 0 aliphatic heterocycles. The van der Waals surface area contributed by atoms with E-state index in [2.05, 4.69) is 10.6 Å². The number of nitrogens with one attached hydrogen (secondary N) is 2. The van der Waals surface area contributed by atoms with Gasteiger partial charge in [0.2, 0.25) is 11.8 Å². The summed E-state index contributed by atoms with van der Waals surface area (Å²) in [6.07, 6.45) is 3.38. The fourth-order valence-electron chi connectivity index (χ4n) is 2.49. The average Bonchev–Trinajstić information content (AvgIpc) is 2.75. The van der Waals surface area contributed by atoms with E-state index in [4.69, 9.17) is 5.73 Å². The van der Waals surface area contributed by atoms with E-state index in [1.807, 2.05) is 13.8 Å². The molecule has 6 heteroatoms. The molecule has 1 rings (SSSR count). The molecule has 0 bridgehead atoms. The predicted molar refractivity (Wildman–Crippen MR) is 78.0 cm³/mol. The smallest absolute Gasteiger partial charge is 0.223 e. The van der Waals surface area contributed by atoms with Crippen LogP contribution in [0.5, 0.6) is 0 Å². The van der Waals surface area contributed by atoms with E-state index in [0.29, 0.717) is 25.4 Å². The maximum Gasteiger partial charge on any atom is 0.223 e. The molecule has 2 amide bonds. The van der Waals surface area contributed by atoms with Crippen LogP contribution in [-0.4, -0.2) is 30.9 Å². The first-order valence-electron chi connectivity index (χ1n) is 6.81. The van der Waals surface area contributed by atoms with Gasteiger partial charge in [0.25, 0.3) is 0 Å². The van der Waals surface area contributed by atoms with Crippen LogP contribution >= 0.6 is 12.4 Å². The number of carbonyl (C=O) groups excluding carboxylic acids is 2. The van der Waals surface area contributed by atoms with Gasteiger partial charge in [-0.05, 0) is 39.2 Å². The Bertz CT molecular complexity index is 298. The molecule has 0 aromatic rings. The Balaban J connectivity index is 0.00000324. The number of hydrogen-bond acceptors (Lipinski definition) is 3. The molecule has 0 aromatic heterocycles. The molecule has 1 aliphatic rings. The van der Waals surface area contributed by atoms with Gasteiger partial charge in [0, 0.05) is 24.9 Å². The van der Waals surface area contributed by atoms with E-state index in [0.717, 1.165) is 19.3 Å². The van der Waals surface area contributed by atoms with Crippen molar-refractivity contribution in [1.82, 2.24) is 10.6 Å². The molecular weight excluding hydrogens is 266 g/mol. The van der Waals surface area contributed by atoms with Crippen LogP contribution < -0.4 is 16.4 Å². The SMILES string of the molecule is CC(C)NC(=O)CCNC(=O)[C@@H]1CCC[C@@H]1CN.Cl. The van der Waals surface area contributed by atoms with Crippen LogP contribution in [0.25, 0.3) is 0 Å². The molecule has 5 nitrogen and oxygen atoms in total. The minimum atomic E-state index is -0.0212. The van der Waals surface area contributed by atoms with E-state index in [-0.39, 0.29) is 36.2 Å². The minimum absolute atomic E-state index is 0. The van der Waals surface area contributed by atoms with Crippen molar-refractivity contribution in [3.05, 3.63) is 0 Å². The lowest BCUT2D eigenvalue weighted by atomic mass is 9.95. The van der Waals surface area contributed by atoms with Gasteiger partial charge in [-0.25, -0.2) is 0 Å². The van der Waals surface area contributed by atoms with Crippen LogP contribution in [-0.2, 0) is 9.59 Å². The summed E-state index contributed by atoms with van der Waals surface area (Å²) in [4.78, 5) is 23.3. The van der Waals surface area contributed by atoms with Crippen LogP contribution in [0.2, 0.25) is 0 Å². The van der Waals surface area contributed by atoms with Gasteiger partial charge in [-0.2, -0.15) is 0 Å². The van der Waals surface area contributed by atoms with E-state index < -0.39 is 0 Å². The highest BCUT2D eigenvalue weighted by molar-refractivity contribution is 5.85. The normalized spacial score (nSPS) is 21.9. The van der Waals surface area contributed by atoms with Crippen LogP contribution in [0.3, 0.4) is 0 Å². The molecule has 1 saturated carbocycles. The van der Waals surface area contributed by atoms with Gasteiger partial charge in [-0.15, -0.1) is 12.4 Å². The molecule has 2 atom stereocenters. The monoisotopic (exact) mass is 291 g/mol. The van der Waals surface area contributed by atoms with E-state index in [9.17, 15) is 9.59 Å². The van der Waals surface area contributed by atoms with Gasteiger partial charge >= 0.3 is 0 Å². The number of halogens is 1. The molecule has 0 radical (unpaired) electrons. The quantitative estimate of drug-likeness (QED) is 0.677. The van der Waals surface area contributed by atoms with Gasteiger partial charge in [-0.3, -0.25) is 9.59 Å². The summed E-state index contributed by atoms with van der Waals surface area (Å²) in [5, 5.41) is 5.63. The second kappa shape index (κ2) is 9.15. The summed E-state index contributed by atoms with van der Waals surface area (Å²) in [7, 11) is 0. The van der Waals surface area contributed by atoms with Crippen LogP contribution in [0, 0.1) is 11.8 Å². The molecule has 0 saturated heterocycles. The van der Waals surface area contributed by atoms with Crippen molar-refractivity contribution in [2.75, 3.05) is 13.1 Å². The zero-order chi connectivity index (χ0) is 13.5. The van der Waals surface area contributed by atoms with Crippen molar-refractivity contribution >= 4 is 24.2 Å². The molecule has 0 aromatic carbocycles. The first kappa shape index (κ1) is 18.2. The van der Waals surface area contributed by atoms with E-state index in [1.165, 1.54) is 0 Å². The van der Waals surface area contributed by atoms with Gasteiger partial charge in [0.05, 0.1) is 0 Å². The second-order valence-electron chi connectivity index (χ2n) is 5.30. The largest absolute Gasteiger partial charge is 0.355 e. The fourth-order valence-corrected chi connectivity index (χ4v) is 2.49. The summed E-state index contributed by atoms with van der Waals surface area (Å²) in [6.45, 7) is 4.82. The topological polar surface area (TPSA) is 84.2 Å². The van der Waals surface area contributed by atoms with Gasteiger partial charge < -0.3 is 16.4 Å². The van der Waals surface area contributed by atoms with Crippen LogP contribution in [0.1, 0.15) is 39.5 Å².